The summed E-state index contributed by atoms with van der Waals surface area (Å²) < 4.78 is 0. The Balaban J connectivity index is 1.78. The van der Waals surface area contributed by atoms with Crippen molar-refractivity contribution in [3.05, 3.63) is 69.6 Å². The molecule has 1 aliphatic heterocycles. The highest BCUT2D eigenvalue weighted by atomic mass is 35.5. The van der Waals surface area contributed by atoms with E-state index in [1.165, 1.54) is 4.90 Å². The predicted molar refractivity (Wildman–Crippen MR) is 104 cm³/mol. The van der Waals surface area contributed by atoms with Gasteiger partial charge in [-0.05, 0) is 53.2 Å². The molecule has 0 N–H and O–H groups in total. The first-order valence-corrected chi connectivity index (χ1v) is 8.91. The summed E-state index contributed by atoms with van der Waals surface area (Å²) in [7, 11) is 3.94. The molecule has 0 aromatic heterocycles. The van der Waals surface area contributed by atoms with Crippen molar-refractivity contribution in [2.24, 2.45) is 0 Å². The minimum Gasteiger partial charge on any atom is -0.378 e. The second-order valence-corrected chi connectivity index (χ2v) is 7.31. The molecular formula is C19H17ClN2O2S. The van der Waals surface area contributed by atoms with Crippen LogP contribution in [0, 0.1) is 0 Å². The summed E-state index contributed by atoms with van der Waals surface area (Å²) in [6.07, 6.45) is 1.75. The van der Waals surface area contributed by atoms with Gasteiger partial charge in [0, 0.05) is 24.8 Å². The van der Waals surface area contributed by atoms with E-state index in [1.54, 1.807) is 24.3 Å². The van der Waals surface area contributed by atoms with Crippen molar-refractivity contribution in [2.45, 2.75) is 6.54 Å². The minimum absolute atomic E-state index is 0.224. The van der Waals surface area contributed by atoms with Gasteiger partial charge in [0.15, 0.2) is 0 Å². The highest BCUT2D eigenvalue weighted by Crippen LogP contribution is 2.33. The first kappa shape index (κ1) is 17.6. The zero-order valence-electron chi connectivity index (χ0n) is 13.9. The first-order valence-electron chi connectivity index (χ1n) is 7.71. The molecule has 2 amide bonds. The van der Waals surface area contributed by atoms with Crippen LogP contribution in [-0.4, -0.2) is 30.1 Å². The number of hydrogen-bond acceptors (Lipinski definition) is 4. The highest BCUT2D eigenvalue weighted by Gasteiger charge is 2.34. The average molecular weight is 373 g/mol. The second-order valence-electron chi connectivity index (χ2n) is 5.88. The largest absolute Gasteiger partial charge is 0.378 e. The van der Waals surface area contributed by atoms with E-state index < -0.39 is 0 Å². The van der Waals surface area contributed by atoms with Gasteiger partial charge in [-0.15, -0.1) is 0 Å². The van der Waals surface area contributed by atoms with E-state index in [0.29, 0.717) is 9.93 Å². The molecule has 3 rings (SSSR count). The summed E-state index contributed by atoms with van der Waals surface area (Å²) in [4.78, 5) is 28.4. The van der Waals surface area contributed by atoms with Gasteiger partial charge in [0.1, 0.15) is 0 Å². The number of benzene rings is 2. The van der Waals surface area contributed by atoms with Gasteiger partial charge in [-0.1, -0.05) is 35.9 Å². The molecule has 1 saturated heterocycles. The molecule has 0 spiro atoms. The number of carbonyl (C=O) groups is 2. The third-order valence-electron chi connectivity index (χ3n) is 3.81. The molecule has 2 aromatic carbocycles. The summed E-state index contributed by atoms with van der Waals surface area (Å²) in [5.74, 6) is -0.272. The van der Waals surface area contributed by atoms with Crippen LogP contribution < -0.4 is 4.90 Å². The van der Waals surface area contributed by atoms with Crippen molar-refractivity contribution in [2.75, 3.05) is 19.0 Å². The zero-order valence-corrected chi connectivity index (χ0v) is 15.5. The van der Waals surface area contributed by atoms with Gasteiger partial charge in [0.25, 0.3) is 11.1 Å². The van der Waals surface area contributed by atoms with Gasteiger partial charge in [-0.3, -0.25) is 14.5 Å². The molecule has 0 bridgehead atoms. The van der Waals surface area contributed by atoms with E-state index in [0.717, 1.165) is 28.6 Å². The molecule has 0 saturated carbocycles. The maximum Gasteiger partial charge on any atom is 0.293 e. The molecule has 0 radical (unpaired) electrons. The van der Waals surface area contributed by atoms with E-state index >= 15 is 0 Å². The van der Waals surface area contributed by atoms with E-state index in [-0.39, 0.29) is 17.7 Å². The standard InChI is InChI=1S/C19H17ClN2O2S/c1-21(2)16-8-6-13(7-9-16)11-17-18(23)22(19(24)25-17)12-14-4-3-5-15(20)10-14/h3-11H,12H2,1-2H3/b17-11-. The molecular weight excluding hydrogens is 356 g/mol. The molecule has 1 heterocycles. The van der Waals surface area contributed by atoms with E-state index in [4.69, 9.17) is 11.6 Å². The molecule has 4 nitrogen and oxygen atoms in total. The lowest BCUT2D eigenvalue weighted by atomic mass is 10.1. The van der Waals surface area contributed by atoms with Crippen molar-refractivity contribution < 1.29 is 9.59 Å². The monoisotopic (exact) mass is 372 g/mol. The number of hydrogen-bond donors (Lipinski definition) is 0. The first-order chi connectivity index (χ1) is 11.9. The van der Waals surface area contributed by atoms with Crippen molar-refractivity contribution in [1.82, 2.24) is 4.90 Å². The fraction of sp³-hybridized carbons (Fsp3) is 0.158. The van der Waals surface area contributed by atoms with E-state index in [9.17, 15) is 9.59 Å². The summed E-state index contributed by atoms with van der Waals surface area (Å²) in [6.45, 7) is 0.224. The molecule has 1 aliphatic rings. The fourth-order valence-electron chi connectivity index (χ4n) is 2.47. The topological polar surface area (TPSA) is 40.6 Å². The zero-order chi connectivity index (χ0) is 18.0. The third kappa shape index (κ3) is 4.06. The van der Waals surface area contributed by atoms with Crippen molar-refractivity contribution in [3.8, 4) is 0 Å². The third-order valence-corrected chi connectivity index (χ3v) is 4.95. The number of thioether (sulfide) groups is 1. The summed E-state index contributed by atoms with van der Waals surface area (Å²) >= 11 is 6.93. The molecule has 0 aliphatic carbocycles. The molecule has 6 heteroatoms. The Labute approximate surface area is 156 Å². The minimum atomic E-state index is -0.272. The lowest BCUT2D eigenvalue weighted by Crippen LogP contribution is -2.27. The van der Waals surface area contributed by atoms with Gasteiger partial charge in [-0.2, -0.15) is 0 Å². The fourth-order valence-corrected chi connectivity index (χ4v) is 3.53. The van der Waals surface area contributed by atoms with Crippen LogP contribution in [0.1, 0.15) is 11.1 Å². The lowest BCUT2D eigenvalue weighted by molar-refractivity contribution is -0.123. The van der Waals surface area contributed by atoms with Crippen molar-refractivity contribution in [3.63, 3.8) is 0 Å². The number of nitrogens with zero attached hydrogens (tertiary/aromatic N) is 2. The number of carbonyl (C=O) groups excluding carboxylic acids is 2. The molecule has 25 heavy (non-hydrogen) atoms. The van der Waals surface area contributed by atoms with Crippen LogP contribution >= 0.6 is 23.4 Å². The number of anilines is 1. The highest BCUT2D eigenvalue weighted by molar-refractivity contribution is 8.18. The summed E-state index contributed by atoms with van der Waals surface area (Å²) in [6, 6.07) is 15.0. The molecule has 1 fully saturated rings. The SMILES string of the molecule is CN(C)c1ccc(/C=C2\SC(=O)N(Cc3cccc(Cl)c3)C2=O)cc1. The normalized spacial score (nSPS) is 16.0. The summed E-state index contributed by atoms with van der Waals surface area (Å²) in [5, 5.41) is 0.321. The van der Waals surface area contributed by atoms with Crippen molar-refractivity contribution in [1.29, 1.82) is 0 Å². The average Bonchev–Trinajstić information content (AvgIpc) is 2.83. The van der Waals surface area contributed by atoms with Crippen LogP contribution in [-0.2, 0) is 11.3 Å². The maximum atomic E-state index is 12.6. The van der Waals surface area contributed by atoms with Crippen LogP contribution in [0.2, 0.25) is 5.02 Å². The smallest absolute Gasteiger partial charge is 0.293 e. The lowest BCUT2D eigenvalue weighted by Gasteiger charge is -2.12. The van der Waals surface area contributed by atoms with Crippen LogP contribution in [0.4, 0.5) is 10.5 Å². The van der Waals surface area contributed by atoms with Crippen LogP contribution in [0.15, 0.2) is 53.4 Å². The number of rotatable bonds is 4. The van der Waals surface area contributed by atoms with E-state index in [1.807, 2.05) is 49.3 Å². The Bertz CT molecular complexity index is 847. The molecule has 128 valence electrons. The van der Waals surface area contributed by atoms with Crippen LogP contribution in [0.25, 0.3) is 6.08 Å². The van der Waals surface area contributed by atoms with Crippen LogP contribution in [0.3, 0.4) is 0 Å². The van der Waals surface area contributed by atoms with Crippen molar-refractivity contribution >= 4 is 46.3 Å². The molecule has 0 atom stereocenters. The van der Waals surface area contributed by atoms with Gasteiger partial charge >= 0.3 is 0 Å². The van der Waals surface area contributed by atoms with Gasteiger partial charge < -0.3 is 4.90 Å². The Hall–Kier alpha value is -2.24. The predicted octanol–water partition coefficient (Wildman–Crippen LogP) is 4.64. The van der Waals surface area contributed by atoms with E-state index in [2.05, 4.69) is 0 Å². The number of halogens is 1. The van der Waals surface area contributed by atoms with Gasteiger partial charge in [-0.25, -0.2) is 0 Å². The number of imide groups is 1. The Morgan fingerprint density at radius 3 is 2.48 bits per heavy atom. The second kappa shape index (κ2) is 7.33. The Morgan fingerprint density at radius 1 is 1.12 bits per heavy atom. The molecule has 0 unspecified atom stereocenters. The van der Waals surface area contributed by atoms with Crippen LogP contribution in [0.5, 0.6) is 0 Å². The van der Waals surface area contributed by atoms with Gasteiger partial charge in [0.05, 0.1) is 11.4 Å². The quantitative estimate of drug-likeness (QED) is 0.733. The molecule has 2 aromatic rings. The van der Waals surface area contributed by atoms with Gasteiger partial charge in [0.2, 0.25) is 0 Å². The number of amides is 2. The summed E-state index contributed by atoms with van der Waals surface area (Å²) in [5.41, 5.74) is 2.79. The Kier molecular flexibility index (Phi) is 5.16. The maximum absolute atomic E-state index is 12.6. The Morgan fingerprint density at radius 2 is 1.84 bits per heavy atom.